The van der Waals surface area contributed by atoms with Crippen molar-refractivity contribution >= 4 is 17.5 Å². The predicted molar refractivity (Wildman–Crippen MR) is 133 cm³/mol. The van der Waals surface area contributed by atoms with Crippen LogP contribution in [0.5, 0.6) is 5.75 Å². The molecule has 2 aromatic rings. The fourth-order valence-corrected chi connectivity index (χ4v) is 4.07. The largest absolute Gasteiger partial charge is 0.573 e. The lowest BCUT2D eigenvalue weighted by atomic mass is 9.86. The number of benzene rings is 1. The van der Waals surface area contributed by atoms with E-state index in [0.717, 1.165) is 44.7 Å². The molecule has 36 heavy (non-hydrogen) atoms. The molecule has 0 aliphatic carbocycles. The summed E-state index contributed by atoms with van der Waals surface area (Å²) in [6.07, 6.45) is 2.36. The number of nitro groups is 1. The monoisotopic (exact) mass is 512 g/mol. The molecule has 0 bridgehead atoms. The van der Waals surface area contributed by atoms with E-state index in [4.69, 9.17) is 5.73 Å². The Kier molecular flexibility index (Phi) is 11.6. The Labute approximate surface area is 209 Å². The van der Waals surface area contributed by atoms with Crippen molar-refractivity contribution in [3.05, 3.63) is 46.1 Å². The van der Waals surface area contributed by atoms with Crippen LogP contribution in [0.2, 0.25) is 0 Å². The highest BCUT2D eigenvalue weighted by atomic mass is 19.4. The lowest BCUT2D eigenvalue weighted by Gasteiger charge is -2.23. The van der Waals surface area contributed by atoms with Crippen LogP contribution in [0.3, 0.4) is 0 Å². The Bertz CT molecular complexity index is 961. The van der Waals surface area contributed by atoms with Gasteiger partial charge in [-0.3, -0.25) is 10.1 Å². The number of nitrogens with zero attached hydrogens (tertiary/aromatic N) is 3. The molecule has 0 saturated carbocycles. The molecule has 2 atom stereocenters. The van der Waals surface area contributed by atoms with E-state index in [-0.39, 0.29) is 41.2 Å². The van der Waals surface area contributed by atoms with Gasteiger partial charge in [0.15, 0.2) is 0 Å². The van der Waals surface area contributed by atoms with Crippen molar-refractivity contribution in [3.8, 4) is 5.75 Å². The topological polar surface area (TPSA) is 128 Å². The number of rotatable bonds is 16. The summed E-state index contributed by atoms with van der Waals surface area (Å²) in [5.74, 6) is 0.591. The van der Waals surface area contributed by atoms with E-state index in [0.29, 0.717) is 19.0 Å². The predicted octanol–water partition coefficient (Wildman–Crippen LogP) is 5.88. The number of aromatic nitrogens is 2. The summed E-state index contributed by atoms with van der Waals surface area (Å²) in [7, 11) is 0. The van der Waals surface area contributed by atoms with E-state index in [1.807, 2.05) is 0 Å². The van der Waals surface area contributed by atoms with Crippen LogP contribution >= 0.6 is 0 Å². The maximum Gasteiger partial charge on any atom is 0.573 e. The van der Waals surface area contributed by atoms with Crippen LogP contribution in [-0.4, -0.2) is 34.3 Å². The van der Waals surface area contributed by atoms with Crippen LogP contribution in [0.4, 0.5) is 30.6 Å². The van der Waals surface area contributed by atoms with Gasteiger partial charge in [0.25, 0.3) is 0 Å². The minimum Gasteiger partial charge on any atom is -0.405 e. The zero-order chi connectivity index (χ0) is 26.6. The summed E-state index contributed by atoms with van der Waals surface area (Å²) in [4.78, 5) is 19.1. The maximum atomic E-state index is 12.7. The minimum absolute atomic E-state index is 0.0461. The van der Waals surface area contributed by atoms with Crippen molar-refractivity contribution in [1.29, 1.82) is 0 Å². The Morgan fingerprint density at radius 2 is 1.92 bits per heavy atom. The molecule has 4 N–H and O–H groups in total. The molecule has 0 spiro atoms. The lowest BCUT2D eigenvalue weighted by molar-refractivity contribution is -0.384. The van der Waals surface area contributed by atoms with Crippen molar-refractivity contribution in [2.45, 2.75) is 65.3 Å². The van der Waals surface area contributed by atoms with E-state index in [1.165, 1.54) is 18.2 Å². The summed E-state index contributed by atoms with van der Waals surface area (Å²) in [6.45, 7) is 5.33. The summed E-state index contributed by atoms with van der Waals surface area (Å²) in [5.41, 5.74) is 5.63. The third-order valence-corrected chi connectivity index (χ3v) is 5.92. The fraction of sp³-hybridized carbons (Fsp3) is 0.583. The number of nitrogens with one attached hydrogen (secondary N) is 2. The third kappa shape index (κ3) is 9.84. The number of hydrogen-bond donors (Lipinski definition) is 3. The molecule has 0 aliphatic heterocycles. The van der Waals surface area contributed by atoms with Gasteiger partial charge in [0, 0.05) is 18.7 Å². The molecule has 0 saturated heterocycles. The van der Waals surface area contributed by atoms with Crippen LogP contribution in [-0.2, 0) is 6.54 Å². The van der Waals surface area contributed by atoms with Gasteiger partial charge in [0.05, 0.1) is 4.92 Å². The maximum absolute atomic E-state index is 12.7. The van der Waals surface area contributed by atoms with Crippen LogP contribution in [0.25, 0.3) is 0 Å². The highest BCUT2D eigenvalue weighted by Gasteiger charge is 2.32. The summed E-state index contributed by atoms with van der Waals surface area (Å²) in [5, 5.41) is 17.4. The van der Waals surface area contributed by atoms with E-state index < -0.39 is 11.3 Å². The van der Waals surface area contributed by atoms with Crippen LogP contribution in [0, 0.1) is 22.0 Å². The second-order valence-electron chi connectivity index (χ2n) is 8.67. The molecular formula is C24H35F3N6O3. The highest BCUT2D eigenvalue weighted by molar-refractivity contribution is 5.57. The van der Waals surface area contributed by atoms with Crippen LogP contribution in [0.15, 0.2) is 30.5 Å². The molecule has 12 heteroatoms. The van der Waals surface area contributed by atoms with Crippen molar-refractivity contribution in [2.24, 2.45) is 17.6 Å². The zero-order valence-electron chi connectivity index (χ0n) is 20.7. The molecule has 1 heterocycles. The number of para-hydroxylation sites is 1. The minimum atomic E-state index is -4.83. The molecule has 9 nitrogen and oxygen atoms in total. The number of alkyl halides is 3. The molecule has 1 aromatic carbocycles. The van der Waals surface area contributed by atoms with Crippen molar-refractivity contribution in [2.75, 3.05) is 23.7 Å². The summed E-state index contributed by atoms with van der Waals surface area (Å²) < 4.78 is 42.1. The number of anilines is 2. The lowest BCUT2D eigenvalue weighted by Crippen LogP contribution is -2.20. The SMILES string of the molecule is CCCC(CCCN)C[C@H](CC)CNc1nc(NCc2ccccc2OC(F)(F)F)ncc1[N+](=O)[O-]. The van der Waals surface area contributed by atoms with E-state index in [1.54, 1.807) is 6.07 Å². The van der Waals surface area contributed by atoms with Gasteiger partial charge in [0.1, 0.15) is 11.9 Å². The van der Waals surface area contributed by atoms with E-state index in [2.05, 4.69) is 39.2 Å². The van der Waals surface area contributed by atoms with Gasteiger partial charge in [-0.1, -0.05) is 51.3 Å². The Morgan fingerprint density at radius 1 is 1.17 bits per heavy atom. The third-order valence-electron chi connectivity index (χ3n) is 5.92. The first-order valence-electron chi connectivity index (χ1n) is 12.2. The molecule has 1 aromatic heterocycles. The number of ether oxygens (including phenoxy) is 1. The Balaban J connectivity index is 2.11. The van der Waals surface area contributed by atoms with Crippen molar-refractivity contribution in [1.82, 2.24) is 9.97 Å². The normalized spacial score (nSPS) is 13.2. The average molecular weight is 513 g/mol. The van der Waals surface area contributed by atoms with E-state index >= 15 is 0 Å². The molecular weight excluding hydrogens is 477 g/mol. The van der Waals surface area contributed by atoms with Crippen molar-refractivity contribution < 1.29 is 22.8 Å². The summed E-state index contributed by atoms with van der Waals surface area (Å²) in [6, 6.07) is 5.69. The Morgan fingerprint density at radius 3 is 2.56 bits per heavy atom. The molecule has 0 aliphatic rings. The smallest absolute Gasteiger partial charge is 0.405 e. The van der Waals surface area contributed by atoms with Crippen LogP contribution < -0.4 is 21.1 Å². The fourth-order valence-electron chi connectivity index (χ4n) is 4.07. The van der Waals surface area contributed by atoms with Gasteiger partial charge in [-0.05, 0) is 43.7 Å². The van der Waals surface area contributed by atoms with Gasteiger partial charge in [-0.2, -0.15) is 4.98 Å². The zero-order valence-corrected chi connectivity index (χ0v) is 20.7. The average Bonchev–Trinajstić information content (AvgIpc) is 2.83. The first-order chi connectivity index (χ1) is 17.2. The molecule has 2 rings (SSSR count). The standard InChI is InChI=1S/C24H35F3N6O3/c1-3-8-18(9-7-12-28)13-17(4-2)14-29-22-20(33(34)35)16-31-23(32-22)30-15-19-10-5-6-11-21(19)36-24(25,26)27/h5-6,10-11,16-18H,3-4,7-9,12-15,28H2,1-2H3,(H2,29,30,31,32)/t17-,18?/m0/s1. The summed E-state index contributed by atoms with van der Waals surface area (Å²) >= 11 is 0. The quantitative estimate of drug-likeness (QED) is 0.188. The second-order valence-corrected chi connectivity index (χ2v) is 8.67. The molecule has 0 amide bonds. The highest BCUT2D eigenvalue weighted by Crippen LogP contribution is 2.29. The first-order valence-corrected chi connectivity index (χ1v) is 12.2. The van der Waals surface area contributed by atoms with Crippen LogP contribution in [0.1, 0.15) is 57.9 Å². The van der Waals surface area contributed by atoms with Gasteiger partial charge in [0.2, 0.25) is 11.8 Å². The number of hydrogen-bond acceptors (Lipinski definition) is 8. The molecule has 1 unspecified atom stereocenters. The first kappa shape index (κ1) is 29.1. The number of halogens is 3. The van der Waals surface area contributed by atoms with Gasteiger partial charge in [-0.25, -0.2) is 4.98 Å². The van der Waals surface area contributed by atoms with E-state index in [9.17, 15) is 23.3 Å². The van der Waals surface area contributed by atoms with Gasteiger partial charge < -0.3 is 21.1 Å². The molecule has 0 fully saturated rings. The molecule has 0 radical (unpaired) electrons. The number of nitrogens with two attached hydrogens (primary N) is 1. The Hall–Kier alpha value is -3.15. The second kappa shape index (κ2) is 14.4. The molecule has 200 valence electrons. The van der Waals surface area contributed by atoms with Gasteiger partial charge >= 0.3 is 12.0 Å². The van der Waals surface area contributed by atoms with Gasteiger partial charge in [-0.15, -0.1) is 13.2 Å². The van der Waals surface area contributed by atoms with Crippen molar-refractivity contribution in [3.63, 3.8) is 0 Å².